The van der Waals surface area contributed by atoms with Crippen LogP contribution in [0.25, 0.3) is 0 Å². The van der Waals surface area contributed by atoms with Gasteiger partial charge in [0.2, 0.25) is 5.60 Å². The summed E-state index contributed by atoms with van der Waals surface area (Å²) in [6.45, 7) is 4.98. The van der Waals surface area contributed by atoms with Crippen molar-refractivity contribution in [1.29, 1.82) is 0 Å². The van der Waals surface area contributed by atoms with E-state index in [9.17, 15) is 14.4 Å². The first kappa shape index (κ1) is 17.3. The van der Waals surface area contributed by atoms with Crippen molar-refractivity contribution in [1.82, 2.24) is 4.90 Å². The maximum Gasteiger partial charge on any atom is 0.418 e. The van der Waals surface area contributed by atoms with Crippen molar-refractivity contribution in [2.45, 2.75) is 51.2 Å². The number of fused-ring (bicyclic) bond motifs is 2. The first-order valence-electron chi connectivity index (χ1n) is 8.34. The van der Waals surface area contributed by atoms with Crippen molar-refractivity contribution < 1.29 is 23.9 Å². The van der Waals surface area contributed by atoms with Crippen LogP contribution in [0.15, 0.2) is 18.2 Å². The Hall–Kier alpha value is -2.57. The maximum absolute atomic E-state index is 12.9. The molecule has 0 bridgehead atoms. The predicted molar refractivity (Wildman–Crippen MR) is 89.5 cm³/mol. The van der Waals surface area contributed by atoms with Gasteiger partial charge < -0.3 is 15.2 Å². The van der Waals surface area contributed by atoms with Crippen molar-refractivity contribution in [3.05, 3.63) is 29.3 Å². The van der Waals surface area contributed by atoms with Gasteiger partial charge >= 0.3 is 12.1 Å². The third kappa shape index (κ3) is 2.83. The molecule has 1 fully saturated rings. The van der Waals surface area contributed by atoms with Gasteiger partial charge in [0.25, 0.3) is 5.91 Å². The molecule has 3 rings (SSSR count). The van der Waals surface area contributed by atoms with Crippen molar-refractivity contribution in [2.24, 2.45) is 0 Å². The summed E-state index contributed by atoms with van der Waals surface area (Å²) >= 11 is 0. The first-order valence-corrected chi connectivity index (χ1v) is 8.34. The van der Waals surface area contributed by atoms with Gasteiger partial charge in [0.1, 0.15) is 12.1 Å². The molecule has 1 aromatic rings. The standard InChI is InChI=1S/C18H22N2O5/c1-4-17(2,3)24-14(21)10-20-15(22)18(25-16(20)23)8-7-11-9-12(19)5-6-13(11)18/h5-6,9H,4,7-8,10,19H2,1-3H3. The summed E-state index contributed by atoms with van der Waals surface area (Å²) in [4.78, 5) is 38.1. The highest BCUT2D eigenvalue weighted by molar-refractivity contribution is 6.06. The third-order valence-electron chi connectivity index (χ3n) is 4.91. The fourth-order valence-corrected chi connectivity index (χ4v) is 3.21. The predicted octanol–water partition coefficient (Wildman–Crippen LogP) is 2.12. The Morgan fingerprint density at radius 3 is 2.80 bits per heavy atom. The molecule has 2 N–H and O–H groups in total. The molecule has 1 atom stereocenters. The molecule has 7 nitrogen and oxygen atoms in total. The number of aryl methyl sites for hydroxylation is 1. The van der Waals surface area contributed by atoms with E-state index in [1.807, 2.05) is 6.92 Å². The summed E-state index contributed by atoms with van der Waals surface area (Å²) in [6, 6.07) is 5.17. The van der Waals surface area contributed by atoms with Crippen molar-refractivity contribution >= 4 is 23.7 Å². The minimum Gasteiger partial charge on any atom is -0.458 e. The summed E-state index contributed by atoms with van der Waals surface area (Å²) in [7, 11) is 0. The van der Waals surface area contributed by atoms with Crippen LogP contribution in [0.3, 0.4) is 0 Å². The molecule has 7 heteroatoms. The average Bonchev–Trinajstić information content (AvgIpc) is 3.00. The van der Waals surface area contributed by atoms with Crippen LogP contribution in [0.1, 0.15) is 44.7 Å². The number of nitrogens with zero attached hydrogens (tertiary/aromatic N) is 1. The number of esters is 1. The summed E-state index contributed by atoms with van der Waals surface area (Å²) in [5.41, 5.74) is 5.90. The number of ether oxygens (including phenoxy) is 2. The van der Waals surface area contributed by atoms with Gasteiger partial charge in [-0.2, -0.15) is 0 Å². The van der Waals surface area contributed by atoms with Gasteiger partial charge in [-0.05, 0) is 44.4 Å². The molecule has 1 aliphatic carbocycles. The van der Waals surface area contributed by atoms with E-state index in [1.54, 1.807) is 32.0 Å². The first-order chi connectivity index (χ1) is 11.7. The third-order valence-corrected chi connectivity index (χ3v) is 4.91. The summed E-state index contributed by atoms with van der Waals surface area (Å²) < 4.78 is 10.8. The quantitative estimate of drug-likeness (QED) is 0.662. The number of nitrogens with two attached hydrogens (primary N) is 1. The van der Waals surface area contributed by atoms with Crippen LogP contribution < -0.4 is 5.73 Å². The van der Waals surface area contributed by atoms with Crippen LogP contribution in [0, 0.1) is 0 Å². The number of imide groups is 1. The lowest BCUT2D eigenvalue weighted by atomic mass is 9.95. The van der Waals surface area contributed by atoms with Gasteiger partial charge in [0.15, 0.2) is 0 Å². The smallest absolute Gasteiger partial charge is 0.418 e. The van der Waals surface area contributed by atoms with Gasteiger partial charge in [-0.15, -0.1) is 0 Å². The number of hydrogen-bond donors (Lipinski definition) is 1. The molecule has 1 aromatic carbocycles. The summed E-state index contributed by atoms with van der Waals surface area (Å²) in [6.07, 6.45) is 0.736. The number of amides is 2. The second kappa shape index (κ2) is 5.75. The number of carbonyl (C=O) groups excluding carboxylic acids is 3. The molecular formula is C18H22N2O5. The number of hydrogen-bond acceptors (Lipinski definition) is 6. The van der Waals surface area contributed by atoms with Crippen LogP contribution in [0.5, 0.6) is 0 Å². The number of benzene rings is 1. The molecule has 1 heterocycles. The summed E-state index contributed by atoms with van der Waals surface area (Å²) in [5, 5.41) is 0. The molecule has 0 radical (unpaired) electrons. The molecule has 2 amide bonds. The lowest BCUT2D eigenvalue weighted by Gasteiger charge is -2.24. The highest BCUT2D eigenvalue weighted by Crippen LogP contribution is 2.45. The fraction of sp³-hybridized carbons (Fsp3) is 0.500. The number of anilines is 1. The topological polar surface area (TPSA) is 98.9 Å². The minimum absolute atomic E-state index is 0.350. The van der Waals surface area contributed by atoms with Gasteiger partial charge in [0, 0.05) is 17.7 Å². The highest BCUT2D eigenvalue weighted by Gasteiger charge is 2.58. The van der Waals surface area contributed by atoms with E-state index in [0.717, 1.165) is 10.5 Å². The number of carbonyl (C=O) groups is 3. The maximum atomic E-state index is 12.9. The monoisotopic (exact) mass is 346 g/mol. The zero-order valence-electron chi connectivity index (χ0n) is 14.6. The Morgan fingerprint density at radius 1 is 1.40 bits per heavy atom. The molecule has 25 heavy (non-hydrogen) atoms. The molecule has 134 valence electrons. The SMILES string of the molecule is CCC(C)(C)OC(=O)CN1C(=O)OC2(CCc3cc(N)ccc32)C1=O. The molecule has 1 aliphatic heterocycles. The van der Waals surface area contributed by atoms with E-state index in [0.29, 0.717) is 30.5 Å². The Morgan fingerprint density at radius 2 is 2.12 bits per heavy atom. The zero-order valence-corrected chi connectivity index (χ0v) is 14.6. The zero-order chi connectivity index (χ0) is 18.4. The molecule has 1 spiro atoms. The number of nitrogen functional groups attached to an aromatic ring is 1. The fourth-order valence-electron chi connectivity index (χ4n) is 3.21. The molecule has 1 saturated heterocycles. The molecule has 2 aliphatic rings. The van der Waals surface area contributed by atoms with E-state index in [1.165, 1.54) is 0 Å². The van der Waals surface area contributed by atoms with Gasteiger partial charge in [-0.25, -0.2) is 9.69 Å². The lowest BCUT2D eigenvalue weighted by molar-refractivity contribution is -0.159. The molecule has 1 unspecified atom stereocenters. The van der Waals surface area contributed by atoms with Gasteiger partial charge in [-0.1, -0.05) is 13.0 Å². The van der Waals surface area contributed by atoms with Crippen LogP contribution >= 0.6 is 0 Å². The van der Waals surface area contributed by atoms with Gasteiger partial charge in [-0.3, -0.25) is 9.59 Å². The highest BCUT2D eigenvalue weighted by atomic mass is 16.6. The van der Waals surface area contributed by atoms with Crippen molar-refractivity contribution in [3.63, 3.8) is 0 Å². The summed E-state index contributed by atoms with van der Waals surface area (Å²) in [5.74, 6) is -1.16. The second-order valence-electron chi connectivity index (χ2n) is 7.09. The van der Waals surface area contributed by atoms with E-state index in [4.69, 9.17) is 15.2 Å². The Labute approximate surface area is 146 Å². The Balaban J connectivity index is 1.82. The van der Waals surface area contributed by atoms with Gasteiger partial charge in [0.05, 0.1) is 0 Å². The van der Waals surface area contributed by atoms with Crippen LogP contribution in [0.2, 0.25) is 0 Å². The van der Waals surface area contributed by atoms with Crippen LogP contribution in [0.4, 0.5) is 10.5 Å². The largest absolute Gasteiger partial charge is 0.458 e. The molecule has 0 saturated carbocycles. The second-order valence-corrected chi connectivity index (χ2v) is 7.09. The van der Waals surface area contributed by atoms with Crippen LogP contribution in [-0.2, 0) is 31.1 Å². The molecule has 0 aromatic heterocycles. The molecular weight excluding hydrogens is 324 g/mol. The average molecular weight is 346 g/mol. The van der Waals surface area contributed by atoms with E-state index >= 15 is 0 Å². The van der Waals surface area contributed by atoms with E-state index in [-0.39, 0.29) is 0 Å². The van der Waals surface area contributed by atoms with E-state index < -0.39 is 35.7 Å². The minimum atomic E-state index is -1.35. The Kier molecular flexibility index (Phi) is 3.97. The van der Waals surface area contributed by atoms with E-state index in [2.05, 4.69) is 0 Å². The normalized spacial score (nSPS) is 22.3. The lowest BCUT2D eigenvalue weighted by Crippen LogP contribution is -2.42. The van der Waals surface area contributed by atoms with Crippen molar-refractivity contribution in [2.75, 3.05) is 12.3 Å². The van der Waals surface area contributed by atoms with Crippen molar-refractivity contribution in [3.8, 4) is 0 Å². The Bertz CT molecular complexity index is 758. The van der Waals surface area contributed by atoms with Crippen LogP contribution in [-0.4, -0.2) is 35.0 Å². The number of rotatable bonds is 4.